The van der Waals surface area contributed by atoms with Crippen LogP contribution in [0.25, 0.3) is 0 Å². The maximum Gasteiger partial charge on any atom is 0.0991 e. The number of nitriles is 1. The lowest BCUT2D eigenvalue weighted by Gasteiger charge is -2.14. The third-order valence-corrected chi connectivity index (χ3v) is 3.39. The highest BCUT2D eigenvalue weighted by molar-refractivity contribution is 5.31. The van der Waals surface area contributed by atoms with E-state index < -0.39 is 0 Å². The predicted molar refractivity (Wildman–Crippen MR) is 68.0 cm³/mol. The van der Waals surface area contributed by atoms with Gasteiger partial charge in [0, 0.05) is 33.9 Å². The second-order valence-electron chi connectivity index (χ2n) is 4.55. The quantitative estimate of drug-likeness (QED) is 0.805. The summed E-state index contributed by atoms with van der Waals surface area (Å²) in [6.45, 7) is 2.63. The Hall–Kier alpha value is -1.41. The molecule has 1 aliphatic heterocycles. The van der Waals surface area contributed by atoms with Crippen molar-refractivity contribution in [3.63, 3.8) is 0 Å². The normalized spacial score (nSPS) is 24.1. The Labute approximate surface area is 108 Å². The highest BCUT2D eigenvalue weighted by Gasteiger charge is 2.32. The van der Waals surface area contributed by atoms with E-state index in [0.29, 0.717) is 5.56 Å². The molecule has 0 aromatic heterocycles. The van der Waals surface area contributed by atoms with E-state index in [1.165, 1.54) is 5.56 Å². The lowest BCUT2D eigenvalue weighted by Crippen LogP contribution is -2.27. The van der Waals surface area contributed by atoms with Crippen molar-refractivity contribution in [3.05, 3.63) is 35.4 Å². The van der Waals surface area contributed by atoms with Crippen LogP contribution in [0.5, 0.6) is 0 Å². The van der Waals surface area contributed by atoms with E-state index in [4.69, 9.17) is 14.7 Å². The molecular weight excluding hydrogens is 228 g/mol. The van der Waals surface area contributed by atoms with Gasteiger partial charge >= 0.3 is 0 Å². The zero-order chi connectivity index (χ0) is 13.0. The van der Waals surface area contributed by atoms with Crippen molar-refractivity contribution < 1.29 is 9.47 Å². The van der Waals surface area contributed by atoms with E-state index in [1.807, 2.05) is 24.3 Å². The smallest absolute Gasteiger partial charge is 0.0991 e. The zero-order valence-electron chi connectivity index (χ0n) is 10.8. The lowest BCUT2D eigenvalue weighted by molar-refractivity contribution is -0.00461. The van der Waals surface area contributed by atoms with Gasteiger partial charge in [0.1, 0.15) is 0 Å². The number of rotatable bonds is 4. The maximum atomic E-state index is 8.75. The first-order valence-electron chi connectivity index (χ1n) is 6.03. The Kier molecular flexibility index (Phi) is 4.32. The van der Waals surface area contributed by atoms with E-state index >= 15 is 0 Å². The number of likely N-dealkylation sites (tertiary alicyclic amines) is 1. The first kappa shape index (κ1) is 13.0. The van der Waals surface area contributed by atoms with Gasteiger partial charge in [-0.05, 0) is 17.7 Å². The van der Waals surface area contributed by atoms with Gasteiger partial charge in [0.15, 0.2) is 0 Å². The Morgan fingerprint density at radius 2 is 1.72 bits per heavy atom. The van der Waals surface area contributed by atoms with Crippen LogP contribution in [-0.4, -0.2) is 44.4 Å². The molecule has 0 unspecified atom stereocenters. The van der Waals surface area contributed by atoms with Crippen LogP contribution in [-0.2, 0) is 16.0 Å². The third kappa shape index (κ3) is 2.88. The molecule has 4 nitrogen and oxygen atoms in total. The molecule has 1 aromatic carbocycles. The van der Waals surface area contributed by atoms with Crippen LogP contribution in [0.1, 0.15) is 11.1 Å². The van der Waals surface area contributed by atoms with Gasteiger partial charge in [-0.1, -0.05) is 12.1 Å². The highest BCUT2D eigenvalue weighted by Crippen LogP contribution is 2.18. The molecule has 18 heavy (non-hydrogen) atoms. The maximum absolute atomic E-state index is 8.75. The monoisotopic (exact) mass is 246 g/mol. The molecule has 96 valence electrons. The Balaban J connectivity index is 1.96. The first-order valence-corrected chi connectivity index (χ1v) is 6.03. The van der Waals surface area contributed by atoms with E-state index in [9.17, 15) is 0 Å². The fraction of sp³-hybridized carbons (Fsp3) is 0.500. The Bertz CT molecular complexity index is 412. The standard InChI is InChI=1S/C14H18N2O2/c1-17-13-9-16(10-14(13)18-2)8-12-5-3-11(7-15)4-6-12/h3-6,13-14H,8-10H2,1-2H3/t13-,14+. The Morgan fingerprint density at radius 1 is 1.17 bits per heavy atom. The predicted octanol–water partition coefficient (Wildman–Crippen LogP) is 1.40. The summed E-state index contributed by atoms with van der Waals surface area (Å²) < 4.78 is 10.8. The molecule has 2 atom stereocenters. The number of nitrogens with zero attached hydrogens (tertiary/aromatic N) is 2. The van der Waals surface area contributed by atoms with E-state index in [1.54, 1.807) is 14.2 Å². The van der Waals surface area contributed by atoms with Crippen molar-refractivity contribution in [3.8, 4) is 6.07 Å². The number of ether oxygens (including phenoxy) is 2. The third-order valence-electron chi connectivity index (χ3n) is 3.39. The van der Waals surface area contributed by atoms with Crippen molar-refractivity contribution in [1.29, 1.82) is 5.26 Å². The second-order valence-corrected chi connectivity index (χ2v) is 4.55. The first-order chi connectivity index (χ1) is 8.76. The van der Waals surface area contributed by atoms with E-state index in [-0.39, 0.29) is 12.2 Å². The van der Waals surface area contributed by atoms with Gasteiger partial charge < -0.3 is 9.47 Å². The van der Waals surface area contributed by atoms with Crippen LogP contribution in [0.15, 0.2) is 24.3 Å². The second kappa shape index (κ2) is 5.96. The summed E-state index contributed by atoms with van der Waals surface area (Å²) in [4.78, 5) is 2.31. The summed E-state index contributed by atoms with van der Waals surface area (Å²) in [7, 11) is 3.45. The molecule has 0 spiro atoms. The SMILES string of the molecule is CO[C@H]1CN(Cc2ccc(C#N)cc2)C[C@H]1OC. The van der Waals surface area contributed by atoms with Crippen LogP contribution in [0.2, 0.25) is 0 Å². The number of hydrogen-bond donors (Lipinski definition) is 0. The summed E-state index contributed by atoms with van der Waals surface area (Å²) in [6, 6.07) is 9.84. The van der Waals surface area contributed by atoms with Crippen LogP contribution >= 0.6 is 0 Å². The molecule has 4 heteroatoms. The van der Waals surface area contributed by atoms with Gasteiger partial charge in [-0.25, -0.2) is 0 Å². The minimum absolute atomic E-state index is 0.147. The topological polar surface area (TPSA) is 45.5 Å². The number of hydrogen-bond acceptors (Lipinski definition) is 4. The molecule has 0 radical (unpaired) electrons. The number of benzene rings is 1. The molecule has 0 amide bonds. The summed E-state index contributed by atoms with van der Waals surface area (Å²) in [5.74, 6) is 0. The molecule has 1 heterocycles. The molecular formula is C14H18N2O2. The molecule has 0 saturated carbocycles. The van der Waals surface area contributed by atoms with Crippen molar-refractivity contribution in [2.45, 2.75) is 18.8 Å². The number of methoxy groups -OCH3 is 2. The molecule has 0 aliphatic carbocycles. The van der Waals surface area contributed by atoms with Gasteiger partial charge in [0.05, 0.1) is 23.8 Å². The average molecular weight is 246 g/mol. The van der Waals surface area contributed by atoms with Crippen molar-refractivity contribution >= 4 is 0 Å². The van der Waals surface area contributed by atoms with Crippen LogP contribution in [0.3, 0.4) is 0 Å². The molecule has 0 bridgehead atoms. The molecule has 1 saturated heterocycles. The van der Waals surface area contributed by atoms with Crippen LogP contribution in [0, 0.1) is 11.3 Å². The molecule has 0 N–H and O–H groups in total. The minimum Gasteiger partial charge on any atom is -0.377 e. The molecule has 1 aromatic rings. The fourth-order valence-corrected chi connectivity index (χ4v) is 2.34. The van der Waals surface area contributed by atoms with E-state index in [2.05, 4.69) is 11.0 Å². The van der Waals surface area contributed by atoms with E-state index in [0.717, 1.165) is 19.6 Å². The minimum atomic E-state index is 0.147. The van der Waals surface area contributed by atoms with Crippen LogP contribution < -0.4 is 0 Å². The molecule has 2 rings (SSSR count). The molecule has 1 aliphatic rings. The summed E-state index contributed by atoms with van der Waals surface area (Å²) in [5.41, 5.74) is 1.91. The average Bonchev–Trinajstić information content (AvgIpc) is 2.81. The van der Waals surface area contributed by atoms with Crippen molar-refractivity contribution in [2.24, 2.45) is 0 Å². The summed E-state index contributed by atoms with van der Waals surface area (Å²) in [5, 5.41) is 8.75. The highest BCUT2D eigenvalue weighted by atomic mass is 16.5. The van der Waals surface area contributed by atoms with Gasteiger partial charge in [-0.3, -0.25) is 4.90 Å². The summed E-state index contributed by atoms with van der Waals surface area (Å²) in [6.07, 6.45) is 0.293. The van der Waals surface area contributed by atoms with Gasteiger partial charge in [0.2, 0.25) is 0 Å². The van der Waals surface area contributed by atoms with Gasteiger partial charge in [0.25, 0.3) is 0 Å². The van der Waals surface area contributed by atoms with Crippen molar-refractivity contribution in [2.75, 3.05) is 27.3 Å². The molecule has 1 fully saturated rings. The fourth-order valence-electron chi connectivity index (χ4n) is 2.34. The summed E-state index contributed by atoms with van der Waals surface area (Å²) >= 11 is 0. The van der Waals surface area contributed by atoms with Gasteiger partial charge in [-0.15, -0.1) is 0 Å². The van der Waals surface area contributed by atoms with Gasteiger partial charge in [-0.2, -0.15) is 5.26 Å². The largest absolute Gasteiger partial charge is 0.377 e. The zero-order valence-corrected chi connectivity index (χ0v) is 10.8. The Morgan fingerprint density at radius 3 is 2.17 bits per heavy atom. The lowest BCUT2D eigenvalue weighted by atomic mass is 10.1. The van der Waals surface area contributed by atoms with Crippen LogP contribution in [0.4, 0.5) is 0 Å². The van der Waals surface area contributed by atoms with Crippen molar-refractivity contribution in [1.82, 2.24) is 4.90 Å².